The van der Waals surface area contributed by atoms with E-state index in [2.05, 4.69) is 10.6 Å². The SMILES string of the molecule is Cc1ccc(NC=C2C(=O)Nc3cccc(C)c32)cc1O. The van der Waals surface area contributed by atoms with Crippen molar-refractivity contribution in [3.8, 4) is 5.75 Å². The highest BCUT2D eigenvalue weighted by atomic mass is 16.3. The first-order valence-electron chi connectivity index (χ1n) is 6.74. The van der Waals surface area contributed by atoms with E-state index in [0.29, 0.717) is 5.57 Å². The van der Waals surface area contributed by atoms with Gasteiger partial charge in [-0.1, -0.05) is 18.2 Å². The van der Waals surface area contributed by atoms with Gasteiger partial charge in [0, 0.05) is 29.2 Å². The minimum absolute atomic E-state index is 0.122. The summed E-state index contributed by atoms with van der Waals surface area (Å²) in [5, 5.41) is 15.6. The number of nitrogens with one attached hydrogen (secondary N) is 2. The Balaban J connectivity index is 1.94. The summed E-state index contributed by atoms with van der Waals surface area (Å²) in [7, 11) is 0. The quantitative estimate of drug-likeness (QED) is 0.739. The van der Waals surface area contributed by atoms with Crippen molar-refractivity contribution in [1.82, 2.24) is 0 Å². The van der Waals surface area contributed by atoms with Crippen LogP contribution >= 0.6 is 0 Å². The third kappa shape index (κ3) is 2.36. The number of aromatic hydroxyl groups is 1. The van der Waals surface area contributed by atoms with E-state index in [0.717, 1.165) is 28.1 Å². The second-order valence-electron chi connectivity index (χ2n) is 5.16. The van der Waals surface area contributed by atoms with Crippen molar-refractivity contribution in [1.29, 1.82) is 0 Å². The molecule has 3 rings (SSSR count). The molecule has 21 heavy (non-hydrogen) atoms. The number of benzene rings is 2. The van der Waals surface area contributed by atoms with Crippen molar-refractivity contribution in [2.75, 3.05) is 10.6 Å². The van der Waals surface area contributed by atoms with Crippen molar-refractivity contribution < 1.29 is 9.90 Å². The lowest BCUT2D eigenvalue weighted by molar-refractivity contribution is -0.110. The first kappa shape index (κ1) is 13.2. The number of carbonyl (C=O) groups excluding carboxylic acids is 1. The average molecular weight is 280 g/mol. The number of hydrogen-bond acceptors (Lipinski definition) is 3. The first-order chi connectivity index (χ1) is 10.1. The lowest BCUT2D eigenvalue weighted by atomic mass is 10.0. The minimum atomic E-state index is -0.122. The zero-order chi connectivity index (χ0) is 15.0. The number of hydrogen-bond donors (Lipinski definition) is 3. The van der Waals surface area contributed by atoms with Crippen LogP contribution in [-0.2, 0) is 4.79 Å². The van der Waals surface area contributed by atoms with Gasteiger partial charge in [0.15, 0.2) is 0 Å². The summed E-state index contributed by atoms with van der Waals surface area (Å²) in [6.07, 6.45) is 1.68. The van der Waals surface area contributed by atoms with E-state index < -0.39 is 0 Å². The minimum Gasteiger partial charge on any atom is -0.508 e. The van der Waals surface area contributed by atoms with Crippen LogP contribution in [0.2, 0.25) is 0 Å². The summed E-state index contributed by atoms with van der Waals surface area (Å²) in [6.45, 7) is 3.81. The Bertz CT molecular complexity index is 763. The lowest BCUT2D eigenvalue weighted by Gasteiger charge is -2.06. The van der Waals surface area contributed by atoms with Crippen LogP contribution in [0.5, 0.6) is 5.75 Å². The molecule has 0 atom stereocenters. The van der Waals surface area contributed by atoms with Crippen LogP contribution in [0.3, 0.4) is 0 Å². The smallest absolute Gasteiger partial charge is 0.257 e. The second kappa shape index (κ2) is 4.98. The molecule has 0 bridgehead atoms. The standard InChI is InChI=1S/C17H16N2O2/c1-10-6-7-12(8-15(10)20)18-9-13-16-11(2)4-3-5-14(16)19-17(13)21/h3-9,18,20H,1-2H3,(H,19,21). The highest BCUT2D eigenvalue weighted by Gasteiger charge is 2.25. The molecule has 0 saturated heterocycles. The van der Waals surface area contributed by atoms with Gasteiger partial charge < -0.3 is 15.7 Å². The molecule has 2 aromatic carbocycles. The van der Waals surface area contributed by atoms with Gasteiger partial charge in [0.25, 0.3) is 5.91 Å². The summed E-state index contributed by atoms with van der Waals surface area (Å²) < 4.78 is 0. The van der Waals surface area contributed by atoms with Crippen LogP contribution in [0.4, 0.5) is 11.4 Å². The summed E-state index contributed by atoms with van der Waals surface area (Å²) in [4.78, 5) is 12.1. The molecule has 0 aliphatic carbocycles. The maximum Gasteiger partial charge on any atom is 0.257 e. The number of anilines is 2. The molecular formula is C17H16N2O2. The van der Waals surface area contributed by atoms with Gasteiger partial charge in [0.1, 0.15) is 5.75 Å². The third-order valence-corrected chi connectivity index (χ3v) is 3.63. The zero-order valence-corrected chi connectivity index (χ0v) is 11.9. The summed E-state index contributed by atoms with van der Waals surface area (Å²) >= 11 is 0. The molecule has 1 heterocycles. The molecule has 0 fully saturated rings. The molecule has 1 aliphatic heterocycles. The van der Waals surface area contributed by atoms with E-state index in [1.807, 2.05) is 44.2 Å². The van der Waals surface area contributed by atoms with E-state index in [9.17, 15) is 9.90 Å². The number of phenols is 1. The predicted octanol–water partition coefficient (Wildman–Crippen LogP) is 3.41. The maximum absolute atomic E-state index is 12.1. The van der Waals surface area contributed by atoms with Gasteiger partial charge in [0.2, 0.25) is 0 Å². The van der Waals surface area contributed by atoms with E-state index in [4.69, 9.17) is 0 Å². The van der Waals surface area contributed by atoms with Gasteiger partial charge in [-0.15, -0.1) is 0 Å². The fourth-order valence-electron chi connectivity index (χ4n) is 2.43. The molecule has 0 saturated carbocycles. The van der Waals surface area contributed by atoms with Crippen LogP contribution in [0, 0.1) is 13.8 Å². The third-order valence-electron chi connectivity index (χ3n) is 3.63. The Morgan fingerprint density at radius 2 is 1.95 bits per heavy atom. The van der Waals surface area contributed by atoms with Crippen LogP contribution < -0.4 is 10.6 Å². The fraction of sp³-hybridized carbons (Fsp3) is 0.118. The Morgan fingerprint density at radius 3 is 2.71 bits per heavy atom. The lowest BCUT2D eigenvalue weighted by Crippen LogP contribution is -2.05. The Labute approximate surface area is 123 Å². The summed E-state index contributed by atoms with van der Waals surface area (Å²) in [6, 6.07) is 11.1. The zero-order valence-electron chi connectivity index (χ0n) is 11.9. The number of fused-ring (bicyclic) bond motifs is 1. The predicted molar refractivity (Wildman–Crippen MR) is 84.3 cm³/mol. The van der Waals surface area contributed by atoms with Crippen molar-refractivity contribution in [2.45, 2.75) is 13.8 Å². The van der Waals surface area contributed by atoms with Crippen molar-refractivity contribution >= 4 is 22.9 Å². The Morgan fingerprint density at radius 1 is 1.14 bits per heavy atom. The molecule has 0 radical (unpaired) electrons. The van der Waals surface area contributed by atoms with E-state index >= 15 is 0 Å². The number of amides is 1. The van der Waals surface area contributed by atoms with Gasteiger partial charge in [-0.25, -0.2) is 0 Å². The molecule has 2 aromatic rings. The molecule has 0 spiro atoms. The van der Waals surface area contributed by atoms with Crippen LogP contribution in [0.15, 0.2) is 42.6 Å². The van der Waals surface area contributed by atoms with Crippen LogP contribution in [-0.4, -0.2) is 11.0 Å². The van der Waals surface area contributed by atoms with Crippen molar-refractivity contribution in [2.24, 2.45) is 0 Å². The number of rotatable bonds is 2. The number of carbonyl (C=O) groups is 1. The molecule has 1 aliphatic rings. The maximum atomic E-state index is 12.1. The summed E-state index contributed by atoms with van der Waals surface area (Å²) in [5.41, 5.74) is 4.95. The molecule has 4 nitrogen and oxygen atoms in total. The Hall–Kier alpha value is -2.75. The van der Waals surface area contributed by atoms with Gasteiger partial charge in [-0.2, -0.15) is 0 Å². The van der Waals surface area contributed by atoms with Gasteiger partial charge in [-0.3, -0.25) is 4.79 Å². The molecule has 0 unspecified atom stereocenters. The fourth-order valence-corrected chi connectivity index (χ4v) is 2.43. The molecule has 0 aromatic heterocycles. The van der Waals surface area contributed by atoms with Crippen LogP contribution in [0.1, 0.15) is 16.7 Å². The van der Waals surface area contributed by atoms with Gasteiger partial charge >= 0.3 is 0 Å². The largest absolute Gasteiger partial charge is 0.508 e. The molecule has 106 valence electrons. The molecule has 1 amide bonds. The topological polar surface area (TPSA) is 61.4 Å². The van der Waals surface area contributed by atoms with Crippen LogP contribution in [0.25, 0.3) is 5.57 Å². The van der Waals surface area contributed by atoms with Gasteiger partial charge in [0.05, 0.1) is 5.57 Å². The number of aryl methyl sites for hydroxylation is 2. The first-order valence-corrected chi connectivity index (χ1v) is 6.74. The monoisotopic (exact) mass is 280 g/mol. The van der Waals surface area contributed by atoms with Crippen molar-refractivity contribution in [3.05, 3.63) is 59.3 Å². The highest BCUT2D eigenvalue weighted by molar-refractivity contribution is 6.32. The van der Waals surface area contributed by atoms with Crippen molar-refractivity contribution in [3.63, 3.8) is 0 Å². The molecular weight excluding hydrogens is 264 g/mol. The molecule has 4 heteroatoms. The van der Waals surface area contributed by atoms with Gasteiger partial charge in [-0.05, 0) is 37.1 Å². The highest BCUT2D eigenvalue weighted by Crippen LogP contribution is 2.34. The van der Waals surface area contributed by atoms with E-state index in [1.165, 1.54) is 0 Å². The average Bonchev–Trinajstić information content (AvgIpc) is 2.77. The molecule has 3 N–H and O–H groups in total. The summed E-state index contributed by atoms with van der Waals surface area (Å²) in [5.74, 6) is 0.106. The van der Waals surface area contributed by atoms with E-state index in [-0.39, 0.29) is 11.7 Å². The van der Waals surface area contributed by atoms with E-state index in [1.54, 1.807) is 12.3 Å². The normalized spacial score (nSPS) is 15.0. The second-order valence-corrected chi connectivity index (χ2v) is 5.16. The number of phenolic OH excluding ortho intramolecular Hbond substituents is 1. The Kier molecular flexibility index (Phi) is 3.14.